The van der Waals surface area contributed by atoms with Gasteiger partial charge in [-0.1, -0.05) is 13.8 Å². The number of likely N-dealkylation sites (tertiary alicyclic amines) is 1. The molecule has 0 bridgehead atoms. The van der Waals surface area contributed by atoms with Gasteiger partial charge in [-0.05, 0) is 35.2 Å². The highest BCUT2D eigenvalue weighted by molar-refractivity contribution is 7.07. The molecule has 0 aliphatic carbocycles. The van der Waals surface area contributed by atoms with Gasteiger partial charge in [0.1, 0.15) is 0 Å². The zero-order valence-electron chi connectivity index (χ0n) is 11.3. The number of hydrogen-bond acceptors (Lipinski definition) is 4. The van der Waals surface area contributed by atoms with Gasteiger partial charge in [0.05, 0.1) is 18.1 Å². The molecule has 1 fully saturated rings. The first-order valence-electron chi connectivity index (χ1n) is 6.59. The third-order valence-corrected chi connectivity index (χ3v) is 4.83. The number of hydrogen-bond donors (Lipinski definition) is 1. The van der Waals surface area contributed by atoms with E-state index < -0.39 is 11.5 Å². The van der Waals surface area contributed by atoms with Crippen molar-refractivity contribution in [1.82, 2.24) is 4.90 Å². The van der Waals surface area contributed by atoms with E-state index in [1.165, 1.54) is 16.2 Å². The van der Waals surface area contributed by atoms with Crippen molar-refractivity contribution in [1.29, 1.82) is 0 Å². The smallest absolute Gasteiger partial charge is 0.235 e. The van der Waals surface area contributed by atoms with Crippen LogP contribution in [0.2, 0.25) is 0 Å². The molecule has 4 nitrogen and oxygen atoms in total. The molecule has 1 saturated heterocycles. The van der Waals surface area contributed by atoms with E-state index in [1.54, 1.807) is 0 Å². The number of rotatable bonds is 5. The highest BCUT2D eigenvalue weighted by atomic mass is 32.1. The van der Waals surface area contributed by atoms with E-state index in [0.29, 0.717) is 12.8 Å². The predicted molar refractivity (Wildman–Crippen MR) is 73.6 cm³/mol. The predicted octanol–water partition coefficient (Wildman–Crippen LogP) is 2.35. The Morgan fingerprint density at radius 2 is 2.11 bits per heavy atom. The van der Waals surface area contributed by atoms with E-state index in [4.69, 9.17) is 0 Å². The molecule has 0 spiro atoms. The summed E-state index contributed by atoms with van der Waals surface area (Å²) in [6.07, 6.45) is 0.816. The van der Waals surface area contributed by atoms with E-state index in [2.05, 4.69) is 0 Å². The molecule has 5 heteroatoms. The molecule has 0 radical (unpaired) electrons. The summed E-state index contributed by atoms with van der Waals surface area (Å²) >= 11 is 1.49. The highest BCUT2D eigenvalue weighted by Gasteiger charge is 2.49. The summed E-state index contributed by atoms with van der Waals surface area (Å²) in [5.74, 6) is -0.292. The molecule has 2 amide bonds. The fourth-order valence-electron chi connectivity index (χ4n) is 2.59. The molecule has 1 aromatic rings. The molecule has 2 heterocycles. The lowest BCUT2D eigenvalue weighted by Crippen LogP contribution is -2.37. The molecule has 1 aliphatic heterocycles. The zero-order valence-corrected chi connectivity index (χ0v) is 12.1. The first-order valence-corrected chi connectivity index (χ1v) is 7.53. The van der Waals surface area contributed by atoms with Crippen molar-refractivity contribution in [2.24, 2.45) is 5.41 Å². The molecular weight excluding hydrogens is 262 g/mol. The second kappa shape index (κ2) is 5.43. The van der Waals surface area contributed by atoms with Crippen molar-refractivity contribution >= 4 is 23.2 Å². The zero-order chi connectivity index (χ0) is 14.0. The number of aliphatic hydroxyl groups excluding tert-OH is 1. The lowest BCUT2D eigenvalue weighted by Gasteiger charge is -2.24. The van der Waals surface area contributed by atoms with Crippen molar-refractivity contribution < 1.29 is 14.7 Å². The molecule has 1 N–H and O–H groups in total. The van der Waals surface area contributed by atoms with Gasteiger partial charge < -0.3 is 5.11 Å². The number of aliphatic hydroxyl groups is 1. The maximum absolute atomic E-state index is 12.4. The minimum atomic E-state index is -0.788. The van der Waals surface area contributed by atoms with Gasteiger partial charge in [-0.25, -0.2) is 0 Å². The summed E-state index contributed by atoms with van der Waals surface area (Å²) in [6.45, 7) is 3.94. The van der Waals surface area contributed by atoms with Gasteiger partial charge >= 0.3 is 0 Å². The van der Waals surface area contributed by atoms with Crippen LogP contribution in [0.1, 0.15) is 44.8 Å². The van der Waals surface area contributed by atoms with Gasteiger partial charge in [-0.15, -0.1) is 0 Å². The van der Waals surface area contributed by atoms with Crippen molar-refractivity contribution in [3.8, 4) is 0 Å². The lowest BCUT2D eigenvalue weighted by atomic mass is 9.81. The van der Waals surface area contributed by atoms with Crippen LogP contribution in [0.4, 0.5) is 0 Å². The largest absolute Gasteiger partial charge is 0.387 e. The van der Waals surface area contributed by atoms with Crippen LogP contribution >= 0.6 is 11.3 Å². The molecular formula is C14H19NO3S. The second-order valence-corrected chi connectivity index (χ2v) is 5.83. The number of β-amino-alcohol motifs (C(OH)–C–C–N with tert-alkyl or cyclic N) is 1. The van der Waals surface area contributed by atoms with Crippen molar-refractivity contribution in [2.75, 3.05) is 6.54 Å². The van der Waals surface area contributed by atoms with E-state index in [-0.39, 0.29) is 24.8 Å². The van der Waals surface area contributed by atoms with Crippen LogP contribution in [-0.2, 0) is 9.59 Å². The van der Waals surface area contributed by atoms with Gasteiger partial charge in [0.15, 0.2) is 0 Å². The molecule has 104 valence electrons. The van der Waals surface area contributed by atoms with Gasteiger partial charge in [-0.2, -0.15) is 11.3 Å². The van der Waals surface area contributed by atoms with Gasteiger partial charge in [-0.3, -0.25) is 14.5 Å². The number of thiophene rings is 1. The van der Waals surface area contributed by atoms with Crippen molar-refractivity contribution in [2.45, 2.75) is 39.2 Å². The van der Waals surface area contributed by atoms with Gasteiger partial charge in [0.2, 0.25) is 11.8 Å². The van der Waals surface area contributed by atoms with Crippen LogP contribution in [-0.4, -0.2) is 28.4 Å². The van der Waals surface area contributed by atoms with E-state index in [0.717, 1.165) is 5.56 Å². The Bertz CT molecular complexity index is 465. The third-order valence-electron chi connectivity index (χ3n) is 4.13. The van der Waals surface area contributed by atoms with Crippen LogP contribution < -0.4 is 0 Å². The number of carbonyl (C=O) groups excluding carboxylic acids is 2. The minimum Gasteiger partial charge on any atom is -0.387 e. The van der Waals surface area contributed by atoms with Crippen LogP contribution in [0.25, 0.3) is 0 Å². The Hall–Kier alpha value is -1.20. The summed E-state index contributed by atoms with van der Waals surface area (Å²) in [5, 5.41) is 13.8. The Balaban J connectivity index is 2.13. The summed E-state index contributed by atoms with van der Waals surface area (Å²) in [5.41, 5.74) is 0.210. The molecule has 1 atom stereocenters. The summed E-state index contributed by atoms with van der Waals surface area (Å²) in [4.78, 5) is 25.7. The van der Waals surface area contributed by atoms with Crippen LogP contribution in [0.5, 0.6) is 0 Å². The summed E-state index contributed by atoms with van der Waals surface area (Å²) in [6, 6.07) is 1.81. The Morgan fingerprint density at radius 1 is 1.42 bits per heavy atom. The number of amides is 2. The molecule has 0 saturated carbocycles. The second-order valence-electron chi connectivity index (χ2n) is 5.05. The topological polar surface area (TPSA) is 57.6 Å². The standard InChI is InChI=1S/C14H19NO3S/c1-3-14(4-2)7-12(17)15(13(14)18)8-11(16)10-5-6-19-9-10/h5-6,9,11,16H,3-4,7-8H2,1-2H3. The Kier molecular flexibility index (Phi) is 4.06. The fourth-order valence-corrected chi connectivity index (χ4v) is 3.30. The quantitative estimate of drug-likeness (QED) is 0.843. The maximum atomic E-state index is 12.4. The van der Waals surface area contributed by atoms with Gasteiger partial charge in [0, 0.05) is 6.42 Å². The highest BCUT2D eigenvalue weighted by Crippen LogP contribution is 2.39. The van der Waals surface area contributed by atoms with E-state index >= 15 is 0 Å². The van der Waals surface area contributed by atoms with Crippen LogP contribution in [0.3, 0.4) is 0 Å². The molecule has 19 heavy (non-hydrogen) atoms. The first-order chi connectivity index (χ1) is 9.04. The molecule has 0 aromatic carbocycles. The van der Waals surface area contributed by atoms with Gasteiger partial charge in [0.25, 0.3) is 0 Å². The van der Waals surface area contributed by atoms with Crippen LogP contribution in [0.15, 0.2) is 16.8 Å². The molecule has 2 rings (SSSR count). The average molecular weight is 281 g/mol. The lowest BCUT2D eigenvalue weighted by molar-refractivity contribution is -0.143. The fraction of sp³-hybridized carbons (Fsp3) is 0.571. The maximum Gasteiger partial charge on any atom is 0.235 e. The monoisotopic (exact) mass is 281 g/mol. The van der Waals surface area contributed by atoms with E-state index in [1.807, 2.05) is 30.7 Å². The normalized spacial score (nSPS) is 20.1. The number of carbonyl (C=O) groups is 2. The third kappa shape index (κ3) is 2.44. The molecule has 1 aromatic heterocycles. The van der Waals surface area contributed by atoms with Crippen molar-refractivity contribution in [3.05, 3.63) is 22.4 Å². The average Bonchev–Trinajstić information content (AvgIpc) is 3.01. The minimum absolute atomic E-state index is 0.0656. The SMILES string of the molecule is CCC1(CC)CC(=O)N(CC(O)c2ccsc2)C1=O. The van der Waals surface area contributed by atoms with Crippen molar-refractivity contribution in [3.63, 3.8) is 0 Å². The molecule has 1 aliphatic rings. The Labute approximate surface area is 117 Å². The van der Waals surface area contributed by atoms with E-state index in [9.17, 15) is 14.7 Å². The summed E-state index contributed by atoms with van der Waals surface area (Å²) in [7, 11) is 0. The number of imide groups is 1. The van der Waals surface area contributed by atoms with Crippen LogP contribution in [0, 0.1) is 5.41 Å². The molecule has 1 unspecified atom stereocenters. The Morgan fingerprint density at radius 3 is 2.58 bits per heavy atom. The first kappa shape index (κ1) is 14.2. The number of nitrogens with zero attached hydrogens (tertiary/aromatic N) is 1. The summed E-state index contributed by atoms with van der Waals surface area (Å²) < 4.78 is 0.